The van der Waals surface area contributed by atoms with Gasteiger partial charge in [-0.1, -0.05) is 0 Å². The van der Waals surface area contributed by atoms with E-state index in [1.54, 1.807) is 24.5 Å². The van der Waals surface area contributed by atoms with Gasteiger partial charge in [0.2, 0.25) is 0 Å². The lowest BCUT2D eigenvalue weighted by Gasteiger charge is -2.36. The molecule has 1 aliphatic rings. The molecule has 2 heterocycles. The highest BCUT2D eigenvalue weighted by atomic mass is 16.6. The largest absolute Gasteiger partial charge is 0.465 e. The molecule has 0 N–H and O–H groups in total. The van der Waals surface area contributed by atoms with Crippen LogP contribution in [0.4, 0.5) is 11.4 Å². The number of nitro benzene ring substituents is 1. The van der Waals surface area contributed by atoms with Crippen molar-refractivity contribution in [1.82, 2.24) is 9.88 Å². The van der Waals surface area contributed by atoms with Gasteiger partial charge in [-0.2, -0.15) is 0 Å². The summed E-state index contributed by atoms with van der Waals surface area (Å²) in [4.78, 5) is 30.9. The van der Waals surface area contributed by atoms with E-state index in [0.717, 1.165) is 38.4 Å². The van der Waals surface area contributed by atoms with Crippen LogP contribution in [0.15, 0.2) is 42.7 Å². The van der Waals surface area contributed by atoms with Crippen LogP contribution in [0.25, 0.3) is 0 Å². The highest BCUT2D eigenvalue weighted by molar-refractivity contribution is 5.95. The average Bonchev–Trinajstić information content (AvgIpc) is 2.68. The van der Waals surface area contributed by atoms with Crippen LogP contribution in [0.1, 0.15) is 15.9 Å². The minimum atomic E-state index is -0.699. The summed E-state index contributed by atoms with van der Waals surface area (Å²) in [5, 5.41) is 11.1. The van der Waals surface area contributed by atoms with Crippen LogP contribution in [-0.4, -0.2) is 54.1 Å². The fraction of sp³-hybridized carbons (Fsp3) is 0.333. The summed E-state index contributed by atoms with van der Waals surface area (Å²) in [7, 11) is 1.22. The first kappa shape index (κ1) is 17.8. The van der Waals surface area contributed by atoms with Crippen LogP contribution < -0.4 is 4.90 Å². The Morgan fingerprint density at radius 1 is 1.19 bits per heavy atom. The van der Waals surface area contributed by atoms with Gasteiger partial charge in [-0.05, 0) is 29.8 Å². The molecule has 0 aliphatic carbocycles. The number of esters is 1. The molecule has 1 fully saturated rings. The highest BCUT2D eigenvalue weighted by Crippen LogP contribution is 2.26. The number of carbonyl (C=O) groups excluding carboxylic acids is 1. The van der Waals surface area contributed by atoms with Crippen molar-refractivity contribution in [2.45, 2.75) is 6.54 Å². The number of pyridine rings is 1. The topological polar surface area (TPSA) is 88.8 Å². The van der Waals surface area contributed by atoms with Gasteiger partial charge < -0.3 is 9.64 Å². The standard InChI is InChI=1S/C18H20N4O4/c1-26-18(23)16-12-15(2-3-17(16)22(24)25)21-10-8-20(9-11-21)13-14-4-6-19-7-5-14/h2-7,12H,8-11,13H2,1H3. The lowest BCUT2D eigenvalue weighted by molar-refractivity contribution is -0.385. The van der Waals surface area contributed by atoms with Crippen LogP contribution in [0, 0.1) is 10.1 Å². The van der Waals surface area contributed by atoms with E-state index in [1.807, 2.05) is 12.1 Å². The van der Waals surface area contributed by atoms with Crippen molar-refractivity contribution < 1.29 is 14.5 Å². The second-order valence-corrected chi connectivity index (χ2v) is 6.07. The molecule has 26 heavy (non-hydrogen) atoms. The van der Waals surface area contributed by atoms with Crippen molar-refractivity contribution in [2.24, 2.45) is 0 Å². The zero-order valence-corrected chi connectivity index (χ0v) is 14.5. The van der Waals surface area contributed by atoms with Crippen LogP contribution in [0.5, 0.6) is 0 Å². The predicted molar refractivity (Wildman–Crippen MR) is 96.2 cm³/mol. The Hall–Kier alpha value is -3.00. The van der Waals surface area contributed by atoms with Crippen LogP contribution in [0.2, 0.25) is 0 Å². The molecule has 0 spiro atoms. The maximum Gasteiger partial charge on any atom is 0.344 e. The second-order valence-electron chi connectivity index (χ2n) is 6.07. The molecule has 136 valence electrons. The number of methoxy groups -OCH3 is 1. The Kier molecular flexibility index (Phi) is 5.43. The van der Waals surface area contributed by atoms with E-state index in [1.165, 1.54) is 18.7 Å². The predicted octanol–water partition coefficient (Wildman–Crippen LogP) is 2.10. The Labute approximate surface area is 151 Å². The molecule has 8 heteroatoms. The monoisotopic (exact) mass is 356 g/mol. The number of hydrogen-bond donors (Lipinski definition) is 0. The van der Waals surface area contributed by atoms with E-state index >= 15 is 0 Å². The summed E-state index contributed by atoms with van der Waals surface area (Å²) < 4.78 is 4.68. The fourth-order valence-electron chi connectivity index (χ4n) is 3.06. The van der Waals surface area contributed by atoms with Crippen molar-refractivity contribution in [3.63, 3.8) is 0 Å². The Morgan fingerprint density at radius 3 is 2.50 bits per heavy atom. The quantitative estimate of drug-likeness (QED) is 0.460. The number of piperazine rings is 1. The van der Waals surface area contributed by atoms with Gasteiger partial charge in [0.1, 0.15) is 5.56 Å². The summed E-state index contributed by atoms with van der Waals surface area (Å²) in [5.74, 6) is -0.699. The Bertz CT molecular complexity index is 789. The average molecular weight is 356 g/mol. The van der Waals surface area contributed by atoms with E-state index in [2.05, 4.69) is 19.5 Å². The highest BCUT2D eigenvalue weighted by Gasteiger charge is 2.24. The van der Waals surface area contributed by atoms with Crippen molar-refractivity contribution >= 4 is 17.3 Å². The number of ether oxygens (including phenoxy) is 1. The van der Waals surface area contributed by atoms with Gasteiger partial charge in [0.15, 0.2) is 0 Å². The third kappa shape index (κ3) is 3.97. The Morgan fingerprint density at radius 2 is 1.88 bits per heavy atom. The minimum Gasteiger partial charge on any atom is -0.465 e. The molecular weight excluding hydrogens is 336 g/mol. The van der Waals surface area contributed by atoms with Crippen LogP contribution in [0.3, 0.4) is 0 Å². The molecule has 0 radical (unpaired) electrons. The molecule has 3 rings (SSSR count). The molecule has 1 aromatic heterocycles. The fourth-order valence-corrected chi connectivity index (χ4v) is 3.06. The molecule has 0 saturated carbocycles. The third-order valence-corrected chi connectivity index (χ3v) is 4.48. The lowest BCUT2D eigenvalue weighted by Crippen LogP contribution is -2.46. The van der Waals surface area contributed by atoms with Gasteiger partial charge in [-0.25, -0.2) is 4.79 Å². The van der Waals surface area contributed by atoms with E-state index in [0.29, 0.717) is 0 Å². The molecule has 2 aromatic rings. The maximum absolute atomic E-state index is 11.9. The van der Waals surface area contributed by atoms with Gasteiger partial charge in [0.05, 0.1) is 12.0 Å². The number of anilines is 1. The summed E-state index contributed by atoms with van der Waals surface area (Å²) in [5.41, 5.74) is 1.75. The second kappa shape index (κ2) is 7.92. The van der Waals surface area contributed by atoms with E-state index in [-0.39, 0.29) is 11.3 Å². The Balaban J connectivity index is 1.69. The molecule has 8 nitrogen and oxygen atoms in total. The summed E-state index contributed by atoms with van der Waals surface area (Å²) in [6.07, 6.45) is 3.58. The SMILES string of the molecule is COC(=O)c1cc(N2CCN(Cc3ccncc3)CC2)ccc1[N+](=O)[O-]. The van der Waals surface area contributed by atoms with Crippen molar-refractivity contribution in [2.75, 3.05) is 38.2 Å². The number of rotatable bonds is 5. The number of aromatic nitrogens is 1. The van der Waals surface area contributed by atoms with E-state index in [4.69, 9.17) is 0 Å². The maximum atomic E-state index is 11.9. The van der Waals surface area contributed by atoms with Crippen LogP contribution >= 0.6 is 0 Å². The molecule has 0 unspecified atom stereocenters. The van der Waals surface area contributed by atoms with Crippen LogP contribution in [-0.2, 0) is 11.3 Å². The van der Waals surface area contributed by atoms with E-state index in [9.17, 15) is 14.9 Å². The molecule has 0 atom stereocenters. The lowest BCUT2D eigenvalue weighted by atomic mass is 10.1. The summed E-state index contributed by atoms with van der Waals surface area (Å²) in [6, 6.07) is 8.60. The van der Waals surface area contributed by atoms with Gasteiger partial charge in [-0.15, -0.1) is 0 Å². The molecule has 1 aliphatic heterocycles. The summed E-state index contributed by atoms with van der Waals surface area (Å²) >= 11 is 0. The van der Waals surface area contributed by atoms with Gasteiger partial charge >= 0.3 is 5.97 Å². The number of nitro groups is 1. The first-order chi connectivity index (χ1) is 12.6. The zero-order chi connectivity index (χ0) is 18.5. The number of carbonyl (C=O) groups is 1. The molecule has 0 bridgehead atoms. The zero-order valence-electron chi connectivity index (χ0n) is 14.5. The number of nitrogens with zero attached hydrogens (tertiary/aromatic N) is 4. The summed E-state index contributed by atoms with van der Waals surface area (Å²) in [6.45, 7) is 4.16. The van der Waals surface area contributed by atoms with Crippen molar-refractivity contribution in [1.29, 1.82) is 0 Å². The number of benzene rings is 1. The number of hydrogen-bond acceptors (Lipinski definition) is 7. The van der Waals surface area contributed by atoms with Crippen molar-refractivity contribution in [3.05, 3.63) is 64.0 Å². The van der Waals surface area contributed by atoms with Gasteiger partial charge in [0.25, 0.3) is 5.69 Å². The molecule has 0 amide bonds. The van der Waals surface area contributed by atoms with E-state index < -0.39 is 10.9 Å². The van der Waals surface area contributed by atoms with Crippen molar-refractivity contribution in [3.8, 4) is 0 Å². The first-order valence-corrected chi connectivity index (χ1v) is 8.31. The first-order valence-electron chi connectivity index (χ1n) is 8.31. The normalized spacial score (nSPS) is 14.9. The molecule has 1 saturated heterocycles. The minimum absolute atomic E-state index is 0.0192. The molecular formula is C18H20N4O4. The molecule has 1 aromatic carbocycles. The van der Waals surface area contributed by atoms with Gasteiger partial charge in [-0.3, -0.25) is 20.0 Å². The van der Waals surface area contributed by atoms with Gasteiger partial charge in [0, 0.05) is 56.9 Å². The smallest absolute Gasteiger partial charge is 0.344 e. The third-order valence-electron chi connectivity index (χ3n) is 4.48.